The van der Waals surface area contributed by atoms with Gasteiger partial charge in [-0.25, -0.2) is 9.78 Å². The van der Waals surface area contributed by atoms with Crippen molar-refractivity contribution in [3.63, 3.8) is 0 Å². The van der Waals surface area contributed by atoms with Gasteiger partial charge in [0.2, 0.25) is 5.91 Å². The van der Waals surface area contributed by atoms with Crippen molar-refractivity contribution < 1.29 is 24.2 Å². The van der Waals surface area contributed by atoms with Crippen molar-refractivity contribution in [3.8, 4) is 11.5 Å². The fourth-order valence-corrected chi connectivity index (χ4v) is 2.39. The number of aliphatic carboxylic acids is 1. The maximum absolute atomic E-state index is 12.4. The number of carbonyl (C=O) groups is 2. The molecule has 2 aromatic rings. The third-order valence-electron chi connectivity index (χ3n) is 3.89. The lowest BCUT2D eigenvalue weighted by atomic mass is 10.1. The molecular formula is C18H21N3O5. The summed E-state index contributed by atoms with van der Waals surface area (Å²) in [6, 6.07) is 4.22. The largest absolute Gasteiger partial charge is 0.493 e. The number of nitrogens with zero attached hydrogens (tertiary/aromatic N) is 2. The number of likely N-dealkylation sites (N-methyl/N-ethyl adjacent to an activating group) is 1. The first-order valence-electron chi connectivity index (χ1n) is 7.83. The lowest BCUT2D eigenvalue weighted by Gasteiger charge is -2.23. The molecule has 1 heterocycles. The lowest BCUT2D eigenvalue weighted by molar-refractivity contribution is -0.147. The summed E-state index contributed by atoms with van der Waals surface area (Å²) in [5, 5.41) is 9.42. The van der Waals surface area contributed by atoms with Crippen LogP contribution in [0, 0.1) is 0 Å². The minimum atomic E-state index is -1.09. The van der Waals surface area contributed by atoms with Crippen molar-refractivity contribution in [2.45, 2.75) is 12.5 Å². The Morgan fingerprint density at radius 1 is 1.31 bits per heavy atom. The first-order chi connectivity index (χ1) is 12.5. The van der Waals surface area contributed by atoms with Crippen LogP contribution in [0.25, 0.3) is 6.08 Å². The zero-order valence-electron chi connectivity index (χ0n) is 14.8. The molecule has 1 atom stereocenters. The molecule has 0 saturated carbocycles. The number of methoxy groups -OCH3 is 2. The molecule has 0 fully saturated rings. The van der Waals surface area contributed by atoms with Crippen LogP contribution in [0.5, 0.6) is 11.5 Å². The van der Waals surface area contributed by atoms with Crippen molar-refractivity contribution in [1.82, 2.24) is 14.9 Å². The van der Waals surface area contributed by atoms with E-state index in [4.69, 9.17) is 9.47 Å². The van der Waals surface area contributed by atoms with E-state index in [1.54, 1.807) is 24.3 Å². The Morgan fingerprint density at radius 2 is 2.04 bits per heavy atom. The molecule has 8 nitrogen and oxygen atoms in total. The van der Waals surface area contributed by atoms with Gasteiger partial charge in [-0.3, -0.25) is 4.79 Å². The lowest BCUT2D eigenvalue weighted by Crippen LogP contribution is -2.43. The van der Waals surface area contributed by atoms with Gasteiger partial charge in [-0.1, -0.05) is 6.07 Å². The summed E-state index contributed by atoms with van der Waals surface area (Å²) in [5.74, 6) is -0.390. The fourth-order valence-electron chi connectivity index (χ4n) is 2.39. The van der Waals surface area contributed by atoms with Crippen LogP contribution < -0.4 is 9.47 Å². The second-order valence-corrected chi connectivity index (χ2v) is 5.53. The molecule has 0 unspecified atom stereocenters. The highest BCUT2D eigenvalue weighted by atomic mass is 16.5. The summed E-state index contributed by atoms with van der Waals surface area (Å²) in [6.45, 7) is 0. The van der Waals surface area contributed by atoms with Crippen LogP contribution in [0.4, 0.5) is 0 Å². The highest BCUT2D eigenvalue weighted by Gasteiger charge is 2.26. The van der Waals surface area contributed by atoms with E-state index in [9.17, 15) is 14.7 Å². The summed E-state index contributed by atoms with van der Waals surface area (Å²) < 4.78 is 10.4. The fraction of sp³-hybridized carbons (Fsp3) is 0.278. The van der Waals surface area contributed by atoms with Gasteiger partial charge in [0.1, 0.15) is 6.04 Å². The molecule has 26 heavy (non-hydrogen) atoms. The Bertz CT molecular complexity index is 786. The van der Waals surface area contributed by atoms with Gasteiger partial charge in [0, 0.05) is 31.4 Å². The molecular weight excluding hydrogens is 338 g/mol. The summed E-state index contributed by atoms with van der Waals surface area (Å²) in [5.41, 5.74) is 1.37. The molecule has 0 aliphatic rings. The highest BCUT2D eigenvalue weighted by molar-refractivity contribution is 5.94. The predicted molar refractivity (Wildman–Crippen MR) is 95.1 cm³/mol. The number of aromatic nitrogens is 2. The maximum Gasteiger partial charge on any atom is 0.326 e. The summed E-state index contributed by atoms with van der Waals surface area (Å²) in [7, 11) is 4.52. The van der Waals surface area contributed by atoms with E-state index >= 15 is 0 Å². The SMILES string of the molecule is COc1ccc(C=CC(=O)N(C)[C@@H](Cc2cnc[nH]2)C(=O)O)cc1OC. The van der Waals surface area contributed by atoms with Gasteiger partial charge in [-0.2, -0.15) is 0 Å². The number of benzene rings is 1. The Kier molecular flexibility index (Phi) is 6.37. The third kappa shape index (κ3) is 4.62. The number of ether oxygens (including phenoxy) is 2. The number of rotatable bonds is 8. The van der Waals surface area contributed by atoms with E-state index in [-0.39, 0.29) is 6.42 Å². The van der Waals surface area contributed by atoms with Crippen molar-refractivity contribution in [1.29, 1.82) is 0 Å². The Hall–Kier alpha value is -3.29. The highest BCUT2D eigenvalue weighted by Crippen LogP contribution is 2.28. The van der Waals surface area contributed by atoms with Crippen LogP contribution in [0.1, 0.15) is 11.3 Å². The van der Waals surface area contributed by atoms with E-state index in [2.05, 4.69) is 9.97 Å². The number of hydrogen-bond acceptors (Lipinski definition) is 5. The van der Waals surface area contributed by atoms with Crippen molar-refractivity contribution in [2.75, 3.05) is 21.3 Å². The van der Waals surface area contributed by atoms with Crippen LogP contribution in [0.15, 0.2) is 36.8 Å². The number of carboxylic acids is 1. The average molecular weight is 359 g/mol. The molecule has 1 aromatic heterocycles. The molecule has 8 heteroatoms. The molecule has 0 aliphatic carbocycles. The number of carbonyl (C=O) groups excluding carboxylic acids is 1. The Balaban J connectivity index is 2.11. The molecule has 1 amide bonds. The van der Waals surface area contributed by atoms with Crippen LogP contribution >= 0.6 is 0 Å². The molecule has 0 radical (unpaired) electrons. The number of hydrogen-bond donors (Lipinski definition) is 2. The molecule has 2 rings (SSSR count). The molecule has 1 aromatic carbocycles. The second-order valence-electron chi connectivity index (χ2n) is 5.53. The van der Waals surface area contributed by atoms with Gasteiger partial charge < -0.3 is 24.5 Å². The average Bonchev–Trinajstić information content (AvgIpc) is 3.16. The number of imidazole rings is 1. The van der Waals surface area contributed by atoms with Gasteiger partial charge in [-0.15, -0.1) is 0 Å². The zero-order valence-corrected chi connectivity index (χ0v) is 14.8. The normalized spacial score (nSPS) is 12.0. The van der Waals surface area contributed by atoms with Crippen LogP contribution in [-0.2, 0) is 16.0 Å². The first-order valence-corrected chi connectivity index (χ1v) is 7.83. The molecule has 0 aliphatic heterocycles. The Morgan fingerprint density at radius 3 is 2.62 bits per heavy atom. The van der Waals surface area contributed by atoms with Gasteiger partial charge >= 0.3 is 5.97 Å². The van der Waals surface area contributed by atoms with Crippen molar-refractivity contribution >= 4 is 18.0 Å². The number of amides is 1. The molecule has 0 saturated heterocycles. The van der Waals surface area contributed by atoms with E-state index < -0.39 is 17.9 Å². The topological polar surface area (TPSA) is 105 Å². The standard InChI is InChI=1S/C18H21N3O5/c1-21(14(18(23)24)9-13-10-19-11-20-13)17(22)7-5-12-4-6-15(25-2)16(8-12)26-3/h4-8,10-11,14H,9H2,1-3H3,(H,19,20)(H,23,24)/t14-/m0/s1. The maximum atomic E-state index is 12.4. The zero-order chi connectivity index (χ0) is 19.1. The van der Waals surface area contributed by atoms with Crippen molar-refractivity contribution in [3.05, 3.63) is 48.1 Å². The van der Waals surface area contributed by atoms with Gasteiger partial charge in [0.05, 0.1) is 20.5 Å². The van der Waals surface area contributed by atoms with Crippen LogP contribution in [-0.4, -0.2) is 59.2 Å². The minimum absolute atomic E-state index is 0.141. The number of aromatic amines is 1. The summed E-state index contributed by atoms with van der Waals surface area (Å²) in [6.07, 6.45) is 6.06. The van der Waals surface area contributed by atoms with Gasteiger partial charge in [-0.05, 0) is 23.8 Å². The minimum Gasteiger partial charge on any atom is -0.493 e. The second kappa shape index (κ2) is 8.70. The predicted octanol–water partition coefficient (Wildman–Crippen LogP) is 1.59. The number of nitrogens with one attached hydrogen (secondary N) is 1. The van der Waals surface area contributed by atoms with Gasteiger partial charge in [0.15, 0.2) is 11.5 Å². The third-order valence-corrected chi connectivity index (χ3v) is 3.89. The number of carboxylic acid groups (broad SMARTS) is 1. The van der Waals surface area contributed by atoms with E-state index in [0.717, 1.165) is 5.56 Å². The molecule has 2 N–H and O–H groups in total. The Labute approximate surface area is 151 Å². The van der Waals surface area contributed by atoms with E-state index in [1.165, 1.54) is 44.8 Å². The van der Waals surface area contributed by atoms with E-state index in [0.29, 0.717) is 17.2 Å². The monoisotopic (exact) mass is 359 g/mol. The first kappa shape index (κ1) is 19.0. The number of H-pyrrole nitrogens is 1. The summed E-state index contributed by atoms with van der Waals surface area (Å²) >= 11 is 0. The van der Waals surface area contributed by atoms with Crippen molar-refractivity contribution in [2.24, 2.45) is 0 Å². The summed E-state index contributed by atoms with van der Waals surface area (Å²) in [4.78, 5) is 31.8. The quantitative estimate of drug-likeness (QED) is 0.694. The molecule has 138 valence electrons. The smallest absolute Gasteiger partial charge is 0.326 e. The van der Waals surface area contributed by atoms with Crippen LogP contribution in [0.3, 0.4) is 0 Å². The van der Waals surface area contributed by atoms with Gasteiger partial charge in [0.25, 0.3) is 0 Å². The molecule has 0 bridgehead atoms. The molecule has 0 spiro atoms. The van der Waals surface area contributed by atoms with Crippen LogP contribution in [0.2, 0.25) is 0 Å². The van der Waals surface area contributed by atoms with E-state index in [1.807, 2.05) is 0 Å².